The van der Waals surface area contributed by atoms with Crippen molar-refractivity contribution in [1.29, 1.82) is 0 Å². The SMILES string of the molecule is CC(C)[C@@H]1NP2(Oc3ccccc3C=O)(N[C@@H](C(C)C)C(=O)O2)OC1=O. The van der Waals surface area contributed by atoms with E-state index in [1.807, 2.05) is 27.7 Å². The molecule has 0 bridgehead atoms. The molecule has 26 heavy (non-hydrogen) atoms. The Kier molecular flexibility index (Phi) is 4.55. The van der Waals surface area contributed by atoms with Crippen molar-refractivity contribution in [3.63, 3.8) is 0 Å². The van der Waals surface area contributed by atoms with Crippen molar-refractivity contribution in [2.75, 3.05) is 0 Å². The number of rotatable bonds is 5. The topological polar surface area (TPSA) is 103 Å². The number of hydrogen-bond donors (Lipinski definition) is 2. The van der Waals surface area contributed by atoms with Crippen LogP contribution in [0.2, 0.25) is 0 Å². The second-order valence-electron chi connectivity index (χ2n) is 7.15. The molecule has 2 N–H and O–H groups in total. The molecule has 2 atom stereocenters. The van der Waals surface area contributed by atoms with Crippen LogP contribution < -0.4 is 14.7 Å². The Balaban J connectivity index is 2.08. The van der Waals surface area contributed by atoms with Crippen LogP contribution in [-0.4, -0.2) is 30.3 Å². The van der Waals surface area contributed by atoms with Crippen molar-refractivity contribution in [2.24, 2.45) is 11.8 Å². The summed E-state index contributed by atoms with van der Waals surface area (Å²) in [4.78, 5) is 36.3. The molecular formula is C17H23N2O6P. The Morgan fingerprint density at radius 1 is 1.00 bits per heavy atom. The summed E-state index contributed by atoms with van der Waals surface area (Å²) in [5, 5.41) is 6.02. The maximum atomic E-state index is 12.5. The van der Waals surface area contributed by atoms with Crippen molar-refractivity contribution in [3.05, 3.63) is 29.8 Å². The summed E-state index contributed by atoms with van der Waals surface area (Å²) in [5.41, 5.74) is 0.253. The minimum absolute atomic E-state index is 0.118. The van der Waals surface area contributed by atoms with E-state index in [4.69, 9.17) is 13.6 Å². The molecule has 0 aromatic heterocycles. The first-order valence-corrected chi connectivity index (χ1v) is 10.5. The van der Waals surface area contributed by atoms with E-state index in [0.717, 1.165) is 0 Å². The van der Waals surface area contributed by atoms with Crippen LogP contribution in [-0.2, 0) is 18.6 Å². The maximum absolute atomic E-state index is 12.5. The van der Waals surface area contributed by atoms with Gasteiger partial charge in [0.05, 0.1) is 0 Å². The van der Waals surface area contributed by atoms with Gasteiger partial charge in [-0.25, -0.2) is 0 Å². The summed E-state index contributed by atoms with van der Waals surface area (Å²) in [6.45, 7) is 7.37. The van der Waals surface area contributed by atoms with Gasteiger partial charge in [0.25, 0.3) is 0 Å². The van der Waals surface area contributed by atoms with E-state index in [-0.39, 0.29) is 23.1 Å². The summed E-state index contributed by atoms with van der Waals surface area (Å²) in [6.07, 6.45) is 0.625. The van der Waals surface area contributed by atoms with Crippen LogP contribution in [0.4, 0.5) is 0 Å². The fourth-order valence-corrected chi connectivity index (χ4v) is 6.63. The van der Waals surface area contributed by atoms with E-state index in [1.165, 1.54) is 0 Å². The molecule has 142 valence electrons. The number of benzene rings is 1. The Hall–Kier alpha value is -2.02. The summed E-state index contributed by atoms with van der Waals surface area (Å²) in [7, 11) is -4.54. The van der Waals surface area contributed by atoms with E-state index < -0.39 is 31.6 Å². The monoisotopic (exact) mass is 382 g/mol. The van der Waals surface area contributed by atoms with Crippen LogP contribution >= 0.6 is 7.59 Å². The molecule has 1 aromatic carbocycles. The number of aldehydes is 1. The third-order valence-electron chi connectivity index (χ3n) is 4.39. The average Bonchev–Trinajstić information content (AvgIpc) is 3.02. The van der Waals surface area contributed by atoms with Crippen LogP contribution in [0.3, 0.4) is 0 Å². The van der Waals surface area contributed by atoms with E-state index in [0.29, 0.717) is 6.29 Å². The van der Waals surface area contributed by atoms with E-state index in [1.54, 1.807) is 24.3 Å². The molecule has 8 nitrogen and oxygen atoms in total. The molecular weight excluding hydrogens is 359 g/mol. The zero-order chi connectivity index (χ0) is 19.1. The molecule has 1 spiro atoms. The molecule has 0 amide bonds. The van der Waals surface area contributed by atoms with Crippen molar-refractivity contribution >= 4 is 25.8 Å². The average molecular weight is 382 g/mol. The molecule has 9 heteroatoms. The van der Waals surface area contributed by atoms with E-state index in [9.17, 15) is 14.4 Å². The Morgan fingerprint density at radius 3 is 1.92 bits per heavy atom. The van der Waals surface area contributed by atoms with Gasteiger partial charge in [-0.2, -0.15) is 0 Å². The number of hydrogen-bond acceptors (Lipinski definition) is 8. The fraction of sp³-hybridized carbons (Fsp3) is 0.471. The molecule has 2 saturated heterocycles. The van der Waals surface area contributed by atoms with Gasteiger partial charge < -0.3 is 0 Å². The van der Waals surface area contributed by atoms with E-state index in [2.05, 4.69) is 10.2 Å². The fourth-order valence-electron chi connectivity index (χ4n) is 2.96. The third-order valence-corrected chi connectivity index (χ3v) is 7.38. The minimum atomic E-state index is -4.54. The normalized spacial score (nSPS) is 27.8. The van der Waals surface area contributed by atoms with Gasteiger partial charge in [0, 0.05) is 0 Å². The summed E-state index contributed by atoms with van der Waals surface area (Å²) < 4.78 is 17.3. The van der Waals surface area contributed by atoms with Crippen LogP contribution in [0.15, 0.2) is 24.3 Å². The van der Waals surface area contributed by atoms with Gasteiger partial charge in [-0.05, 0) is 0 Å². The molecule has 2 heterocycles. The number of nitrogens with one attached hydrogen (secondary N) is 2. The molecule has 0 aliphatic carbocycles. The van der Waals surface area contributed by atoms with Gasteiger partial charge in [-0.3, -0.25) is 0 Å². The summed E-state index contributed by atoms with van der Waals surface area (Å²) in [6, 6.07) is 5.06. The molecule has 1 aromatic rings. The predicted molar refractivity (Wildman–Crippen MR) is 95.1 cm³/mol. The molecule has 2 aliphatic heterocycles. The Bertz CT molecular complexity index is 729. The number of carbonyl (C=O) groups is 3. The standard InChI is InChI=1S/C17H23N2O6P/c1-10(2)14-16(21)24-26(18-14,19-15(11(3)4)17(22)25-26)23-13-8-6-5-7-12(13)9-20/h5-11,14-15,18-19H,1-4H3/t14-,15-/m0/s1. The Morgan fingerprint density at radius 2 is 1.50 bits per heavy atom. The Labute approximate surface area is 151 Å². The summed E-state index contributed by atoms with van der Waals surface area (Å²) in [5.74, 6) is -1.20. The molecule has 0 unspecified atom stereocenters. The van der Waals surface area contributed by atoms with Crippen molar-refractivity contribution in [1.82, 2.24) is 10.2 Å². The van der Waals surface area contributed by atoms with Gasteiger partial charge in [0.15, 0.2) is 0 Å². The van der Waals surface area contributed by atoms with Crippen molar-refractivity contribution < 1.29 is 28.0 Å². The number of carbonyl (C=O) groups excluding carboxylic acids is 3. The van der Waals surface area contributed by atoms with Crippen LogP contribution in [0.5, 0.6) is 5.75 Å². The first-order chi connectivity index (χ1) is 12.2. The molecule has 2 aliphatic rings. The molecule has 2 fully saturated rings. The van der Waals surface area contributed by atoms with Gasteiger partial charge in [-0.1, -0.05) is 0 Å². The van der Waals surface area contributed by atoms with E-state index >= 15 is 0 Å². The first-order valence-electron chi connectivity index (χ1n) is 8.50. The molecule has 0 radical (unpaired) electrons. The van der Waals surface area contributed by atoms with Gasteiger partial charge in [0.1, 0.15) is 0 Å². The zero-order valence-corrected chi connectivity index (χ0v) is 16.0. The molecule has 0 saturated carbocycles. The second kappa shape index (κ2) is 6.30. The quantitative estimate of drug-likeness (QED) is 0.591. The van der Waals surface area contributed by atoms with Gasteiger partial charge in [-0.15, -0.1) is 0 Å². The van der Waals surface area contributed by atoms with Crippen LogP contribution in [0.25, 0.3) is 0 Å². The zero-order valence-electron chi connectivity index (χ0n) is 15.1. The third kappa shape index (κ3) is 2.98. The summed E-state index contributed by atoms with van der Waals surface area (Å²) >= 11 is 0. The first kappa shape index (κ1) is 18.8. The van der Waals surface area contributed by atoms with Gasteiger partial charge >= 0.3 is 151 Å². The number of para-hydroxylation sites is 1. The van der Waals surface area contributed by atoms with Gasteiger partial charge in [0.2, 0.25) is 0 Å². The van der Waals surface area contributed by atoms with Crippen LogP contribution in [0.1, 0.15) is 38.1 Å². The van der Waals surface area contributed by atoms with Crippen LogP contribution in [0, 0.1) is 11.8 Å². The molecule has 3 rings (SSSR count). The van der Waals surface area contributed by atoms with Crippen molar-refractivity contribution in [2.45, 2.75) is 39.8 Å². The predicted octanol–water partition coefficient (Wildman–Crippen LogP) is 2.35. The second-order valence-corrected chi connectivity index (χ2v) is 9.98. The van der Waals surface area contributed by atoms with Crippen molar-refractivity contribution in [3.8, 4) is 5.75 Å².